The molecule has 2 aromatic carbocycles. The second-order valence-corrected chi connectivity index (χ2v) is 24.2. The van der Waals surface area contributed by atoms with Gasteiger partial charge in [0, 0.05) is 6.42 Å². The molecule has 2 N–H and O–H groups in total. The Labute approximate surface area is 257 Å². The van der Waals surface area contributed by atoms with Crippen molar-refractivity contribution in [3.05, 3.63) is 48.8 Å². The Morgan fingerprint density at radius 3 is 2.28 bits per heavy atom. The molecule has 5 rings (SSSR count). The summed E-state index contributed by atoms with van der Waals surface area (Å²) in [5.41, 5.74) is 7.28. The van der Waals surface area contributed by atoms with Gasteiger partial charge < -0.3 is 24.1 Å². The van der Waals surface area contributed by atoms with Gasteiger partial charge >= 0.3 is 0 Å². The number of rotatable bonds is 8. The minimum Gasteiger partial charge on any atom is -0.437 e. The Bertz CT molecular complexity index is 1610. The van der Waals surface area contributed by atoms with E-state index in [1.54, 1.807) is 6.33 Å². The highest BCUT2D eigenvalue weighted by atomic mass is 28.4. The summed E-state index contributed by atoms with van der Waals surface area (Å²) in [6.07, 6.45) is 1.68. The highest BCUT2D eigenvalue weighted by Crippen LogP contribution is 2.43. The number of hydrogen-bond donors (Lipinski definition) is 1. The molecule has 0 radical (unpaired) electrons. The molecular weight excluding hydrogens is 575 g/mol. The maximum atomic E-state index is 6.96. The zero-order chi connectivity index (χ0) is 31.4. The van der Waals surface area contributed by atoms with Crippen LogP contribution in [0.5, 0.6) is 11.6 Å². The van der Waals surface area contributed by atoms with Crippen LogP contribution < -0.4 is 10.5 Å². The van der Waals surface area contributed by atoms with Crippen LogP contribution in [0.1, 0.15) is 54.2 Å². The zero-order valence-corrected chi connectivity index (χ0v) is 29.3. The van der Waals surface area contributed by atoms with Gasteiger partial charge in [0.1, 0.15) is 18.1 Å². The van der Waals surface area contributed by atoms with Crippen molar-refractivity contribution in [3.63, 3.8) is 0 Å². The lowest BCUT2D eigenvalue weighted by Crippen LogP contribution is -2.48. The van der Waals surface area contributed by atoms with E-state index < -0.39 is 16.6 Å². The number of hydrogen-bond acceptors (Lipinski definition) is 8. The lowest BCUT2D eigenvalue weighted by atomic mass is 10.1. The van der Waals surface area contributed by atoms with Crippen LogP contribution in [-0.4, -0.2) is 55.0 Å². The lowest BCUT2D eigenvalue weighted by Gasteiger charge is -2.40. The summed E-state index contributed by atoms with van der Waals surface area (Å²) in [5.74, 6) is 1.06. The largest absolute Gasteiger partial charge is 0.437 e. The molecule has 0 amide bonds. The van der Waals surface area contributed by atoms with Gasteiger partial charge in [0.2, 0.25) is 5.95 Å². The lowest BCUT2D eigenvalue weighted by molar-refractivity contribution is -0.0383. The molecule has 1 aliphatic rings. The minimum atomic E-state index is -2.09. The number of aromatic nitrogens is 4. The predicted molar refractivity (Wildman–Crippen MR) is 178 cm³/mol. The van der Waals surface area contributed by atoms with Crippen molar-refractivity contribution < 1.29 is 18.3 Å². The number of nitrogens with two attached hydrogens (primary N) is 1. The van der Waals surface area contributed by atoms with E-state index >= 15 is 0 Å². The van der Waals surface area contributed by atoms with E-state index in [9.17, 15) is 0 Å². The fourth-order valence-corrected chi connectivity index (χ4v) is 7.11. The molecule has 3 heterocycles. The van der Waals surface area contributed by atoms with Crippen LogP contribution in [0.3, 0.4) is 0 Å². The molecular formula is C32H47N5O4Si2. The predicted octanol–water partition coefficient (Wildman–Crippen LogP) is 8.05. The Morgan fingerprint density at radius 1 is 0.930 bits per heavy atom. The molecule has 11 heteroatoms. The molecule has 2 aromatic heterocycles. The molecule has 0 saturated carbocycles. The Kier molecular flexibility index (Phi) is 8.27. The van der Waals surface area contributed by atoms with Crippen molar-refractivity contribution in [1.82, 2.24) is 19.5 Å². The van der Waals surface area contributed by atoms with E-state index in [2.05, 4.69) is 88.7 Å². The molecule has 9 nitrogen and oxygen atoms in total. The van der Waals surface area contributed by atoms with Crippen molar-refractivity contribution in [3.8, 4) is 11.6 Å². The molecule has 232 valence electrons. The maximum Gasteiger partial charge on any atom is 0.252 e. The standard InChI is InChI=1S/C32H47N5O4Si2/c1-31(2,3)42(7,8)38-19-25-24(41-43(9,10)32(4,5)6)18-26(40-25)37-20-34-27-28(37)35-30(33)36-29(27)39-23-16-15-21-13-11-12-14-22(21)17-23/h11-17,20,24-26H,18-19H2,1-10H3,(H2,33,35,36)/t24-,25+,26+/m0/s1. The fourth-order valence-electron chi connectivity index (χ4n) is 4.74. The summed E-state index contributed by atoms with van der Waals surface area (Å²) >= 11 is 0. The first-order valence-corrected chi connectivity index (χ1v) is 20.9. The summed E-state index contributed by atoms with van der Waals surface area (Å²) in [4.78, 5) is 13.6. The highest BCUT2D eigenvalue weighted by molar-refractivity contribution is 6.74. The molecule has 0 aliphatic carbocycles. The zero-order valence-electron chi connectivity index (χ0n) is 27.3. The van der Waals surface area contributed by atoms with E-state index in [4.69, 9.17) is 24.1 Å². The summed E-state index contributed by atoms with van der Waals surface area (Å²) in [6.45, 7) is 23.1. The van der Waals surface area contributed by atoms with Crippen molar-refractivity contribution >= 4 is 44.5 Å². The van der Waals surface area contributed by atoms with Crippen LogP contribution in [0, 0.1) is 0 Å². The monoisotopic (exact) mass is 621 g/mol. The van der Waals surface area contributed by atoms with Gasteiger partial charge in [-0.25, -0.2) is 4.98 Å². The molecule has 0 bridgehead atoms. The number of ether oxygens (including phenoxy) is 2. The normalized spacial score (nSPS) is 20.3. The van der Waals surface area contributed by atoms with E-state index in [1.807, 2.05) is 41.0 Å². The van der Waals surface area contributed by atoms with E-state index in [0.717, 1.165) is 10.8 Å². The van der Waals surface area contributed by atoms with Crippen LogP contribution in [0.2, 0.25) is 36.3 Å². The molecule has 0 unspecified atom stereocenters. The molecule has 3 atom stereocenters. The van der Waals surface area contributed by atoms with Gasteiger partial charge in [-0.3, -0.25) is 4.57 Å². The van der Waals surface area contributed by atoms with Gasteiger partial charge in [0.15, 0.2) is 27.8 Å². The van der Waals surface area contributed by atoms with E-state index in [1.165, 1.54) is 0 Å². The molecule has 4 aromatic rings. The summed E-state index contributed by atoms with van der Waals surface area (Å²) in [5, 5.41) is 2.36. The molecule has 1 aliphatic heterocycles. The van der Waals surface area contributed by atoms with Crippen LogP contribution in [0.25, 0.3) is 21.9 Å². The number of nitrogens with zero attached hydrogens (tertiary/aromatic N) is 4. The Morgan fingerprint density at radius 2 is 1.60 bits per heavy atom. The first-order valence-electron chi connectivity index (χ1n) is 15.1. The van der Waals surface area contributed by atoms with Crippen LogP contribution in [-0.2, 0) is 13.6 Å². The Hall–Kier alpha value is -2.84. The maximum absolute atomic E-state index is 6.96. The van der Waals surface area contributed by atoms with Gasteiger partial charge in [0.25, 0.3) is 5.88 Å². The van der Waals surface area contributed by atoms with Crippen molar-refractivity contribution in [2.75, 3.05) is 12.3 Å². The number of imidazole rings is 1. The second kappa shape index (κ2) is 11.3. The van der Waals surface area contributed by atoms with Gasteiger partial charge in [0.05, 0.1) is 19.0 Å². The second-order valence-electron chi connectivity index (χ2n) is 14.7. The number of benzene rings is 2. The smallest absolute Gasteiger partial charge is 0.252 e. The van der Waals surface area contributed by atoms with E-state index in [-0.39, 0.29) is 34.5 Å². The topological polar surface area (TPSA) is 107 Å². The van der Waals surface area contributed by atoms with Gasteiger partial charge in [-0.15, -0.1) is 0 Å². The van der Waals surface area contributed by atoms with E-state index in [0.29, 0.717) is 35.8 Å². The third-order valence-electron chi connectivity index (χ3n) is 9.50. The number of anilines is 1. The Balaban J connectivity index is 1.44. The van der Waals surface area contributed by atoms with Crippen LogP contribution >= 0.6 is 0 Å². The quantitative estimate of drug-likeness (QED) is 0.197. The SMILES string of the molecule is CC(C)(C)[Si](C)(C)OC[C@H]1O[C@@H](n2cnc3c(Oc4ccc5ccccc5c4)nc(N)nc32)C[C@@H]1O[Si](C)(C)C(C)(C)C. The average molecular weight is 622 g/mol. The minimum absolute atomic E-state index is 0.0638. The summed E-state index contributed by atoms with van der Waals surface area (Å²) in [6, 6.07) is 14.0. The van der Waals surface area contributed by atoms with Crippen LogP contribution in [0.4, 0.5) is 5.95 Å². The average Bonchev–Trinajstić information content (AvgIpc) is 3.49. The highest BCUT2D eigenvalue weighted by Gasteiger charge is 2.47. The van der Waals surface area contributed by atoms with Gasteiger partial charge in [-0.2, -0.15) is 9.97 Å². The van der Waals surface area contributed by atoms with Crippen molar-refractivity contribution in [2.24, 2.45) is 0 Å². The van der Waals surface area contributed by atoms with Crippen LogP contribution in [0.15, 0.2) is 48.8 Å². The van der Waals surface area contributed by atoms with Crippen molar-refractivity contribution in [1.29, 1.82) is 0 Å². The molecule has 1 fully saturated rings. The van der Waals surface area contributed by atoms with Gasteiger partial charge in [-0.1, -0.05) is 71.9 Å². The third-order valence-corrected chi connectivity index (χ3v) is 18.5. The van der Waals surface area contributed by atoms with Gasteiger partial charge in [-0.05, 0) is 59.2 Å². The third kappa shape index (κ3) is 6.51. The summed E-state index contributed by atoms with van der Waals surface area (Å²) in [7, 11) is -4.08. The molecule has 1 saturated heterocycles. The van der Waals surface area contributed by atoms with Crippen molar-refractivity contribution in [2.45, 2.75) is 103 Å². The number of fused-ring (bicyclic) bond motifs is 2. The fraction of sp³-hybridized carbons (Fsp3) is 0.531. The molecule has 43 heavy (non-hydrogen) atoms. The first kappa shape index (κ1) is 31.6. The molecule has 0 spiro atoms. The summed E-state index contributed by atoms with van der Waals surface area (Å²) < 4.78 is 28.5. The first-order chi connectivity index (χ1) is 19.9. The number of nitrogen functional groups attached to an aromatic ring is 1.